The molecule has 0 atom stereocenters. The summed E-state index contributed by atoms with van der Waals surface area (Å²) < 4.78 is 2.34. The third-order valence-corrected chi connectivity index (χ3v) is 4.37. The molecular weight excluding hydrogens is 270 g/mol. The number of rotatable bonds is 2. The van der Waals surface area contributed by atoms with Gasteiger partial charge < -0.3 is 9.47 Å². The third-order valence-electron chi connectivity index (χ3n) is 4.37. The minimum absolute atomic E-state index is 0.988. The highest BCUT2D eigenvalue weighted by Crippen LogP contribution is 2.30. The zero-order valence-corrected chi connectivity index (χ0v) is 12.7. The fourth-order valence-electron chi connectivity index (χ4n) is 3.27. The van der Waals surface area contributed by atoms with Gasteiger partial charge in [0.15, 0.2) is 0 Å². The first-order valence-electron chi connectivity index (χ1n) is 7.71. The Morgan fingerprint density at radius 1 is 1.09 bits per heavy atom. The van der Waals surface area contributed by atoms with E-state index in [1.54, 1.807) is 0 Å². The van der Waals surface area contributed by atoms with Crippen molar-refractivity contribution < 1.29 is 0 Å². The molecule has 1 aliphatic heterocycles. The van der Waals surface area contributed by atoms with E-state index in [4.69, 9.17) is 0 Å². The summed E-state index contributed by atoms with van der Waals surface area (Å²) >= 11 is 0. The van der Waals surface area contributed by atoms with Crippen LogP contribution in [-0.2, 0) is 13.0 Å². The Hall–Kier alpha value is -2.39. The van der Waals surface area contributed by atoms with Gasteiger partial charge in [0.05, 0.1) is 11.2 Å². The summed E-state index contributed by atoms with van der Waals surface area (Å²) in [6.45, 7) is 2.14. The van der Waals surface area contributed by atoms with Crippen LogP contribution in [0.4, 0.5) is 0 Å². The minimum Gasteiger partial charge on any atom is -0.320 e. The SMILES string of the molecule is CN1CCc2c(c3ccccc3n2/C=C/c2ccccn2)C1. The molecule has 4 rings (SSSR count). The second kappa shape index (κ2) is 5.43. The van der Waals surface area contributed by atoms with Crippen LogP contribution in [0.15, 0.2) is 48.7 Å². The van der Waals surface area contributed by atoms with Crippen LogP contribution in [0, 0.1) is 0 Å². The van der Waals surface area contributed by atoms with Crippen molar-refractivity contribution in [2.45, 2.75) is 13.0 Å². The lowest BCUT2D eigenvalue weighted by Gasteiger charge is -2.23. The van der Waals surface area contributed by atoms with E-state index in [0.29, 0.717) is 0 Å². The quantitative estimate of drug-likeness (QED) is 0.718. The van der Waals surface area contributed by atoms with Crippen molar-refractivity contribution in [1.29, 1.82) is 0 Å². The summed E-state index contributed by atoms with van der Waals surface area (Å²) in [7, 11) is 2.19. The predicted molar refractivity (Wildman–Crippen MR) is 91.4 cm³/mol. The molecule has 0 aliphatic carbocycles. The highest BCUT2D eigenvalue weighted by atomic mass is 15.1. The standard InChI is InChI=1S/C19H19N3/c1-21-12-10-19-17(14-21)16-7-2-3-8-18(16)22(19)13-9-15-6-4-5-11-20-15/h2-9,11,13H,10,12,14H2,1H3/b13-9+. The second-order valence-corrected chi connectivity index (χ2v) is 5.87. The Morgan fingerprint density at radius 3 is 2.82 bits per heavy atom. The molecule has 0 radical (unpaired) electrons. The van der Waals surface area contributed by atoms with Gasteiger partial charge in [0.1, 0.15) is 0 Å². The average molecular weight is 289 g/mol. The number of hydrogen-bond acceptors (Lipinski definition) is 2. The van der Waals surface area contributed by atoms with Gasteiger partial charge in [-0.25, -0.2) is 0 Å². The molecule has 0 amide bonds. The van der Waals surface area contributed by atoms with Crippen LogP contribution in [-0.4, -0.2) is 28.0 Å². The molecule has 0 unspecified atom stereocenters. The number of pyridine rings is 1. The van der Waals surface area contributed by atoms with E-state index in [2.05, 4.69) is 58.0 Å². The molecular formula is C19H19N3. The zero-order valence-electron chi connectivity index (χ0n) is 12.7. The van der Waals surface area contributed by atoms with E-state index >= 15 is 0 Å². The van der Waals surface area contributed by atoms with Gasteiger partial charge in [-0.2, -0.15) is 0 Å². The van der Waals surface area contributed by atoms with E-state index in [0.717, 1.165) is 25.2 Å². The lowest BCUT2D eigenvalue weighted by atomic mass is 10.1. The van der Waals surface area contributed by atoms with E-state index in [-0.39, 0.29) is 0 Å². The summed E-state index contributed by atoms with van der Waals surface area (Å²) in [6.07, 6.45) is 7.17. The molecule has 1 aromatic carbocycles. The monoisotopic (exact) mass is 289 g/mol. The molecule has 0 saturated heterocycles. The maximum atomic E-state index is 4.37. The summed E-state index contributed by atoms with van der Waals surface area (Å²) in [4.78, 5) is 6.76. The van der Waals surface area contributed by atoms with E-state index in [9.17, 15) is 0 Å². The van der Waals surface area contributed by atoms with Crippen LogP contribution in [0.2, 0.25) is 0 Å². The van der Waals surface area contributed by atoms with Gasteiger partial charge in [-0.15, -0.1) is 0 Å². The molecule has 110 valence electrons. The molecule has 0 bridgehead atoms. The number of fused-ring (bicyclic) bond motifs is 3. The van der Waals surface area contributed by atoms with E-state index in [1.165, 1.54) is 22.2 Å². The van der Waals surface area contributed by atoms with Crippen LogP contribution in [0.25, 0.3) is 23.2 Å². The summed E-state index contributed by atoms with van der Waals surface area (Å²) in [5, 5.41) is 1.37. The van der Waals surface area contributed by atoms with Crippen LogP contribution >= 0.6 is 0 Å². The van der Waals surface area contributed by atoms with Gasteiger partial charge in [0.25, 0.3) is 0 Å². The van der Waals surface area contributed by atoms with E-state index in [1.807, 2.05) is 24.4 Å². The van der Waals surface area contributed by atoms with Gasteiger partial charge in [-0.1, -0.05) is 24.3 Å². The largest absolute Gasteiger partial charge is 0.320 e. The van der Waals surface area contributed by atoms with Crippen molar-refractivity contribution in [3.63, 3.8) is 0 Å². The Labute approximate surface area is 130 Å². The summed E-state index contributed by atoms with van der Waals surface area (Å²) in [6, 6.07) is 14.7. The maximum absolute atomic E-state index is 4.37. The Morgan fingerprint density at radius 2 is 1.95 bits per heavy atom. The first-order valence-corrected chi connectivity index (χ1v) is 7.71. The number of aromatic nitrogens is 2. The Balaban J connectivity index is 1.85. The van der Waals surface area contributed by atoms with Crippen LogP contribution in [0.1, 0.15) is 17.0 Å². The molecule has 1 aliphatic rings. The fraction of sp³-hybridized carbons (Fsp3) is 0.211. The van der Waals surface area contributed by atoms with Gasteiger partial charge in [-0.3, -0.25) is 4.98 Å². The lowest BCUT2D eigenvalue weighted by molar-refractivity contribution is 0.312. The van der Waals surface area contributed by atoms with Crippen molar-refractivity contribution in [3.8, 4) is 0 Å². The van der Waals surface area contributed by atoms with Crippen LogP contribution in [0.3, 0.4) is 0 Å². The summed E-state index contributed by atoms with van der Waals surface area (Å²) in [5.74, 6) is 0. The van der Waals surface area contributed by atoms with Crippen LogP contribution < -0.4 is 0 Å². The van der Waals surface area contributed by atoms with Crippen molar-refractivity contribution in [2.75, 3.05) is 13.6 Å². The lowest BCUT2D eigenvalue weighted by Crippen LogP contribution is -2.26. The number of para-hydroxylation sites is 1. The molecule has 0 saturated carbocycles. The normalized spacial score (nSPS) is 15.5. The topological polar surface area (TPSA) is 21.1 Å². The second-order valence-electron chi connectivity index (χ2n) is 5.87. The van der Waals surface area contributed by atoms with Crippen molar-refractivity contribution >= 4 is 23.2 Å². The zero-order chi connectivity index (χ0) is 14.9. The smallest absolute Gasteiger partial charge is 0.0644 e. The van der Waals surface area contributed by atoms with Gasteiger partial charge in [-0.05, 0) is 36.9 Å². The Kier molecular flexibility index (Phi) is 3.28. The molecule has 0 N–H and O–H groups in total. The number of benzene rings is 1. The fourth-order valence-corrected chi connectivity index (χ4v) is 3.27. The molecule has 2 aromatic heterocycles. The van der Waals surface area contributed by atoms with Crippen molar-refractivity contribution in [3.05, 3.63) is 65.6 Å². The van der Waals surface area contributed by atoms with Gasteiger partial charge in [0.2, 0.25) is 0 Å². The average Bonchev–Trinajstić information content (AvgIpc) is 2.87. The van der Waals surface area contributed by atoms with E-state index < -0.39 is 0 Å². The number of nitrogens with zero attached hydrogens (tertiary/aromatic N) is 3. The highest BCUT2D eigenvalue weighted by molar-refractivity contribution is 5.88. The Bertz CT molecular complexity index is 831. The molecule has 3 heteroatoms. The van der Waals surface area contributed by atoms with Gasteiger partial charge in [0, 0.05) is 43.0 Å². The van der Waals surface area contributed by atoms with Crippen LogP contribution in [0.5, 0.6) is 0 Å². The number of hydrogen-bond donors (Lipinski definition) is 0. The minimum atomic E-state index is 0.988. The molecule has 22 heavy (non-hydrogen) atoms. The highest BCUT2D eigenvalue weighted by Gasteiger charge is 2.20. The molecule has 0 spiro atoms. The first kappa shape index (κ1) is 13.3. The molecule has 3 aromatic rings. The number of likely N-dealkylation sites (N-methyl/N-ethyl adjacent to an activating group) is 1. The predicted octanol–water partition coefficient (Wildman–Crippen LogP) is 3.65. The van der Waals surface area contributed by atoms with Crippen molar-refractivity contribution in [1.82, 2.24) is 14.5 Å². The van der Waals surface area contributed by atoms with Gasteiger partial charge >= 0.3 is 0 Å². The first-order chi connectivity index (χ1) is 10.8. The molecule has 0 fully saturated rings. The molecule has 3 nitrogen and oxygen atoms in total. The maximum Gasteiger partial charge on any atom is 0.0644 e. The third kappa shape index (κ3) is 2.24. The summed E-state index contributed by atoms with van der Waals surface area (Å²) in [5.41, 5.74) is 5.18. The molecule has 3 heterocycles. The van der Waals surface area contributed by atoms with Crippen molar-refractivity contribution in [2.24, 2.45) is 0 Å².